The van der Waals surface area contributed by atoms with Gasteiger partial charge in [0.05, 0.1) is 6.26 Å². The van der Waals surface area contributed by atoms with Crippen LogP contribution in [0.4, 0.5) is 0 Å². The Morgan fingerprint density at radius 2 is 1.88 bits per heavy atom. The van der Waals surface area contributed by atoms with Crippen molar-refractivity contribution >= 4 is 16.1 Å². The van der Waals surface area contributed by atoms with Crippen molar-refractivity contribution in [2.24, 2.45) is 0 Å². The van der Waals surface area contributed by atoms with Crippen molar-refractivity contribution in [2.45, 2.75) is 0 Å². The number of hydrogen-bond donors (Lipinski definition) is 0. The van der Waals surface area contributed by atoms with E-state index in [4.69, 9.17) is 0 Å². The van der Waals surface area contributed by atoms with Gasteiger partial charge in [0.2, 0.25) is 10.0 Å². The monoisotopic (exact) mass is 235 g/mol. The largest absolute Gasteiger partial charge is 0.238 e. The molecule has 0 heterocycles. The summed E-state index contributed by atoms with van der Waals surface area (Å²) < 4.78 is 23.0. The number of hydrogen-bond acceptors (Lipinski definition) is 2. The Balaban J connectivity index is 2.66. The smallest absolute Gasteiger partial charge is 0.232 e. The van der Waals surface area contributed by atoms with Gasteiger partial charge in [-0.2, -0.15) is 0 Å². The maximum atomic E-state index is 11.0. The first-order chi connectivity index (χ1) is 7.50. The number of sulfonamides is 1. The number of allylic oxidation sites excluding steroid dienone is 1. The first kappa shape index (κ1) is 12.3. The van der Waals surface area contributed by atoms with E-state index in [0.717, 1.165) is 16.1 Å². The van der Waals surface area contributed by atoms with Gasteiger partial charge in [0.25, 0.3) is 0 Å². The highest BCUT2D eigenvalue weighted by atomic mass is 32.2. The number of rotatable bonds is 2. The summed E-state index contributed by atoms with van der Waals surface area (Å²) in [5.74, 6) is 2.66. The molecule has 0 atom stereocenters. The Hall–Kier alpha value is -1.73. The van der Waals surface area contributed by atoms with Gasteiger partial charge in [-0.25, -0.2) is 12.7 Å². The van der Waals surface area contributed by atoms with Crippen LogP contribution in [-0.4, -0.2) is 26.0 Å². The van der Waals surface area contributed by atoms with Gasteiger partial charge in [0.15, 0.2) is 0 Å². The first-order valence-corrected chi connectivity index (χ1v) is 6.51. The second kappa shape index (κ2) is 5.38. The molecule has 1 aromatic carbocycles. The molecule has 0 aliphatic carbocycles. The van der Waals surface area contributed by atoms with E-state index in [9.17, 15) is 8.42 Å². The normalized spacial score (nSPS) is 10.9. The van der Waals surface area contributed by atoms with Gasteiger partial charge in [0, 0.05) is 13.1 Å². The minimum absolute atomic E-state index is 0.988. The molecule has 0 aliphatic heterocycles. The van der Waals surface area contributed by atoms with E-state index in [0.29, 0.717) is 0 Å². The molecular weight excluding hydrogens is 222 g/mol. The fraction of sp³-hybridized carbons (Fsp3) is 0.167. The Morgan fingerprint density at radius 3 is 2.44 bits per heavy atom. The zero-order valence-corrected chi connectivity index (χ0v) is 10.0. The average molecular weight is 235 g/mol. The molecule has 16 heavy (non-hydrogen) atoms. The molecule has 0 amide bonds. The first-order valence-electron chi connectivity index (χ1n) is 4.67. The Labute approximate surface area is 96.5 Å². The molecule has 1 rings (SSSR count). The zero-order chi connectivity index (χ0) is 12.0. The summed E-state index contributed by atoms with van der Waals surface area (Å²) >= 11 is 0. The van der Waals surface area contributed by atoms with Crippen molar-refractivity contribution in [3.63, 3.8) is 0 Å². The standard InChI is InChI=1S/C12H13NO2S/c1-13(16(2,14)15)11-7-6-10-12-8-4-3-5-9-12/h3-6,8-10H,1-2H3/b10-6+. The highest BCUT2D eigenvalue weighted by Gasteiger charge is 2.03. The fourth-order valence-corrected chi connectivity index (χ4v) is 1.13. The third kappa shape index (κ3) is 4.20. The molecule has 0 radical (unpaired) electrons. The van der Waals surface area contributed by atoms with Crippen LogP contribution in [0.1, 0.15) is 5.56 Å². The minimum atomic E-state index is -3.22. The molecule has 3 nitrogen and oxygen atoms in total. The van der Waals surface area contributed by atoms with Gasteiger partial charge >= 0.3 is 0 Å². The highest BCUT2D eigenvalue weighted by Crippen LogP contribution is 1.99. The van der Waals surface area contributed by atoms with Crippen LogP contribution < -0.4 is 0 Å². The molecule has 0 saturated carbocycles. The van der Waals surface area contributed by atoms with E-state index in [1.165, 1.54) is 7.05 Å². The van der Waals surface area contributed by atoms with Crippen LogP contribution in [0.15, 0.2) is 36.4 Å². The summed E-state index contributed by atoms with van der Waals surface area (Å²) in [6.07, 6.45) is 4.56. The summed E-state index contributed by atoms with van der Waals surface area (Å²) in [4.78, 5) is 0. The predicted molar refractivity (Wildman–Crippen MR) is 65.9 cm³/mol. The van der Waals surface area contributed by atoms with Crippen LogP contribution in [-0.2, 0) is 10.0 Å². The maximum absolute atomic E-state index is 11.0. The Morgan fingerprint density at radius 1 is 1.25 bits per heavy atom. The van der Waals surface area contributed by atoms with Crippen LogP contribution in [0.2, 0.25) is 0 Å². The molecular formula is C12H13NO2S. The lowest BCUT2D eigenvalue weighted by Gasteiger charge is -2.05. The van der Waals surface area contributed by atoms with Crippen LogP contribution in [0.5, 0.6) is 0 Å². The molecule has 0 aliphatic rings. The molecule has 1 aromatic rings. The third-order valence-corrected chi connectivity index (χ3v) is 2.96. The van der Waals surface area contributed by atoms with Gasteiger partial charge < -0.3 is 0 Å². The van der Waals surface area contributed by atoms with E-state index in [1.807, 2.05) is 36.4 Å². The summed E-state index contributed by atoms with van der Waals surface area (Å²) in [5, 5.41) is 0. The number of nitrogens with zero attached hydrogens (tertiary/aromatic N) is 1. The highest BCUT2D eigenvalue weighted by molar-refractivity contribution is 7.88. The van der Waals surface area contributed by atoms with E-state index < -0.39 is 10.0 Å². The van der Waals surface area contributed by atoms with Crippen LogP contribution in [0.3, 0.4) is 0 Å². The predicted octanol–water partition coefficient (Wildman–Crippen LogP) is 1.55. The lowest BCUT2D eigenvalue weighted by atomic mass is 10.2. The van der Waals surface area contributed by atoms with Crippen molar-refractivity contribution in [3.05, 3.63) is 42.0 Å². The lowest BCUT2D eigenvalue weighted by Crippen LogP contribution is -2.19. The molecule has 0 spiro atoms. The Kier molecular flexibility index (Phi) is 4.15. The van der Waals surface area contributed by atoms with Crippen molar-refractivity contribution in [1.29, 1.82) is 0 Å². The summed E-state index contributed by atoms with van der Waals surface area (Å²) in [7, 11) is -1.81. The second-order valence-electron chi connectivity index (χ2n) is 3.23. The van der Waals surface area contributed by atoms with Crippen LogP contribution in [0.25, 0.3) is 6.08 Å². The Bertz CT molecular complexity index is 521. The van der Waals surface area contributed by atoms with E-state index >= 15 is 0 Å². The molecule has 0 unspecified atom stereocenters. The molecule has 0 aromatic heterocycles. The number of benzene rings is 1. The summed E-state index contributed by atoms with van der Waals surface area (Å²) in [5.41, 5.74) is 1.03. The van der Waals surface area contributed by atoms with E-state index in [-0.39, 0.29) is 0 Å². The van der Waals surface area contributed by atoms with Gasteiger partial charge in [-0.05, 0) is 17.7 Å². The fourth-order valence-electron chi connectivity index (χ4n) is 0.913. The maximum Gasteiger partial charge on any atom is 0.238 e. The van der Waals surface area contributed by atoms with Crippen molar-refractivity contribution in [3.8, 4) is 12.0 Å². The third-order valence-electron chi connectivity index (χ3n) is 1.88. The van der Waals surface area contributed by atoms with E-state index in [1.54, 1.807) is 6.08 Å². The molecule has 84 valence electrons. The molecule has 0 saturated heterocycles. The lowest BCUT2D eigenvalue weighted by molar-refractivity contribution is 0.554. The van der Waals surface area contributed by atoms with Gasteiger partial charge in [0.1, 0.15) is 0 Å². The van der Waals surface area contributed by atoms with Crippen molar-refractivity contribution in [2.75, 3.05) is 13.3 Å². The minimum Gasteiger partial charge on any atom is -0.232 e. The van der Waals surface area contributed by atoms with Gasteiger partial charge in [-0.15, -0.1) is 0 Å². The topological polar surface area (TPSA) is 37.4 Å². The average Bonchev–Trinajstić information content (AvgIpc) is 2.24. The van der Waals surface area contributed by atoms with Crippen LogP contribution >= 0.6 is 0 Å². The SMILES string of the molecule is CN(C#C/C=C/c1ccccc1)S(C)(=O)=O. The van der Waals surface area contributed by atoms with E-state index in [2.05, 4.69) is 12.0 Å². The van der Waals surface area contributed by atoms with Gasteiger partial charge in [-0.1, -0.05) is 36.3 Å². The molecule has 0 N–H and O–H groups in total. The van der Waals surface area contributed by atoms with Gasteiger partial charge in [-0.3, -0.25) is 0 Å². The zero-order valence-electron chi connectivity index (χ0n) is 9.21. The quantitative estimate of drug-likeness (QED) is 0.576. The second-order valence-corrected chi connectivity index (χ2v) is 5.24. The van der Waals surface area contributed by atoms with Crippen molar-refractivity contribution in [1.82, 2.24) is 4.31 Å². The molecule has 0 bridgehead atoms. The molecule has 0 fully saturated rings. The molecule has 4 heteroatoms. The summed E-state index contributed by atoms with van der Waals surface area (Å²) in [6, 6.07) is 12.2. The van der Waals surface area contributed by atoms with Crippen LogP contribution in [0, 0.1) is 12.0 Å². The van der Waals surface area contributed by atoms with Crippen molar-refractivity contribution < 1.29 is 8.42 Å². The summed E-state index contributed by atoms with van der Waals surface area (Å²) in [6.45, 7) is 0.